The van der Waals surface area contributed by atoms with Gasteiger partial charge in [-0.1, -0.05) is 30.3 Å². The van der Waals surface area contributed by atoms with Crippen LogP contribution < -0.4 is 15.5 Å². The SMILES string of the molecule is CNCc1ccccc1-c1ccc([C@@H](C)Nc2nnc(C)c3ccc(N4CCOCC4)cc23)s1. The Morgan fingerprint density at radius 3 is 2.68 bits per heavy atom. The predicted octanol–water partition coefficient (Wildman–Crippen LogP) is 5.40. The Morgan fingerprint density at radius 2 is 1.85 bits per heavy atom. The minimum atomic E-state index is 0.113. The van der Waals surface area contributed by atoms with Gasteiger partial charge in [-0.05, 0) is 56.3 Å². The fourth-order valence-corrected chi connectivity index (χ4v) is 5.58. The van der Waals surface area contributed by atoms with Gasteiger partial charge in [0.25, 0.3) is 0 Å². The summed E-state index contributed by atoms with van der Waals surface area (Å²) in [6.07, 6.45) is 0. The topological polar surface area (TPSA) is 62.3 Å². The number of nitrogens with one attached hydrogen (secondary N) is 2. The number of ether oxygens (including phenoxy) is 1. The molecule has 1 fully saturated rings. The van der Waals surface area contributed by atoms with E-state index < -0.39 is 0 Å². The number of nitrogens with zero attached hydrogens (tertiary/aromatic N) is 3. The molecule has 0 unspecified atom stereocenters. The maximum atomic E-state index is 5.53. The van der Waals surface area contributed by atoms with Gasteiger partial charge in [0.1, 0.15) is 0 Å². The van der Waals surface area contributed by atoms with Gasteiger partial charge < -0.3 is 20.3 Å². The molecular formula is C27H31N5OS. The van der Waals surface area contributed by atoms with E-state index in [1.807, 2.05) is 25.3 Å². The van der Waals surface area contributed by atoms with E-state index in [9.17, 15) is 0 Å². The highest BCUT2D eigenvalue weighted by Crippen LogP contribution is 2.36. The predicted molar refractivity (Wildman–Crippen MR) is 142 cm³/mol. The summed E-state index contributed by atoms with van der Waals surface area (Å²) in [7, 11) is 1.99. The Labute approximate surface area is 205 Å². The third kappa shape index (κ3) is 4.64. The molecule has 0 radical (unpaired) electrons. The molecule has 2 aromatic carbocycles. The van der Waals surface area contributed by atoms with Gasteiger partial charge in [-0.2, -0.15) is 5.10 Å². The van der Waals surface area contributed by atoms with Gasteiger partial charge in [-0.15, -0.1) is 16.4 Å². The van der Waals surface area contributed by atoms with Crippen LogP contribution in [-0.2, 0) is 11.3 Å². The number of fused-ring (bicyclic) bond motifs is 1. The van der Waals surface area contributed by atoms with Crippen LogP contribution in [0.25, 0.3) is 21.2 Å². The van der Waals surface area contributed by atoms with Crippen molar-refractivity contribution >= 4 is 33.6 Å². The normalized spacial score (nSPS) is 15.0. The van der Waals surface area contributed by atoms with E-state index in [0.717, 1.165) is 55.1 Å². The number of anilines is 2. The van der Waals surface area contributed by atoms with Crippen molar-refractivity contribution in [3.63, 3.8) is 0 Å². The van der Waals surface area contributed by atoms with Gasteiger partial charge in [0, 0.05) is 45.8 Å². The average Bonchev–Trinajstić information content (AvgIpc) is 3.37. The molecule has 1 aliphatic rings. The molecule has 2 aromatic heterocycles. The van der Waals surface area contributed by atoms with Crippen molar-refractivity contribution in [1.82, 2.24) is 15.5 Å². The number of hydrogen-bond acceptors (Lipinski definition) is 7. The van der Waals surface area contributed by atoms with Crippen LogP contribution >= 0.6 is 11.3 Å². The van der Waals surface area contributed by atoms with Gasteiger partial charge in [-0.3, -0.25) is 0 Å². The van der Waals surface area contributed by atoms with Crippen molar-refractivity contribution in [1.29, 1.82) is 0 Å². The van der Waals surface area contributed by atoms with Crippen LogP contribution in [0, 0.1) is 6.92 Å². The van der Waals surface area contributed by atoms with E-state index in [0.29, 0.717) is 0 Å². The summed E-state index contributed by atoms with van der Waals surface area (Å²) in [6.45, 7) is 8.43. The average molecular weight is 474 g/mol. The quantitative estimate of drug-likeness (QED) is 0.375. The Kier molecular flexibility index (Phi) is 6.76. The minimum Gasteiger partial charge on any atom is -0.378 e. The standard InChI is InChI=1S/C27H31N5OS/c1-18-22-9-8-21(32-12-14-33-15-13-32)16-24(22)27(31-30-18)29-19(2)25-10-11-26(34-25)23-7-5-4-6-20(23)17-28-3/h4-11,16,19,28H,12-15,17H2,1-3H3,(H,29,31)/t19-/m1/s1. The fraction of sp³-hybridized carbons (Fsp3) is 0.333. The van der Waals surface area contributed by atoms with Crippen LogP contribution in [0.5, 0.6) is 0 Å². The van der Waals surface area contributed by atoms with Crippen LogP contribution in [0.3, 0.4) is 0 Å². The number of hydrogen-bond donors (Lipinski definition) is 2. The lowest BCUT2D eigenvalue weighted by Gasteiger charge is -2.29. The third-order valence-corrected chi connectivity index (χ3v) is 7.68. The lowest BCUT2D eigenvalue weighted by atomic mass is 10.1. The van der Waals surface area contributed by atoms with Gasteiger partial charge >= 0.3 is 0 Å². The Morgan fingerprint density at radius 1 is 1.03 bits per heavy atom. The number of rotatable bonds is 7. The van der Waals surface area contributed by atoms with Gasteiger partial charge in [-0.25, -0.2) is 0 Å². The van der Waals surface area contributed by atoms with Crippen molar-refractivity contribution in [3.8, 4) is 10.4 Å². The Bertz CT molecular complexity index is 1280. The minimum absolute atomic E-state index is 0.113. The van der Waals surface area contributed by atoms with E-state index in [1.54, 1.807) is 0 Å². The second kappa shape index (κ2) is 10.1. The van der Waals surface area contributed by atoms with Crippen LogP contribution in [0.2, 0.25) is 0 Å². The first-order chi connectivity index (χ1) is 16.6. The number of aromatic nitrogens is 2. The third-order valence-electron chi connectivity index (χ3n) is 6.38. The molecule has 0 spiro atoms. The fourth-order valence-electron chi connectivity index (χ4n) is 4.51. The van der Waals surface area contributed by atoms with Crippen molar-refractivity contribution in [2.24, 2.45) is 0 Å². The molecule has 3 heterocycles. The molecule has 2 N–H and O–H groups in total. The zero-order valence-electron chi connectivity index (χ0n) is 20.0. The van der Waals surface area contributed by atoms with Crippen molar-refractivity contribution < 1.29 is 4.74 Å². The highest BCUT2D eigenvalue weighted by atomic mass is 32.1. The zero-order valence-corrected chi connectivity index (χ0v) is 20.8. The van der Waals surface area contributed by atoms with E-state index in [-0.39, 0.29) is 6.04 Å². The van der Waals surface area contributed by atoms with Gasteiger partial charge in [0.2, 0.25) is 0 Å². The molecule has 1 saturated heterocycles. The molecule has 1 aliphatic heterocycles. The summed E-state index contributed by atoms with van der Waals surface area (Å²) in [5, 5.41) is 18.1. The highest BCUT2D eigenvalue weighted by Gasteiger charge is 2.17. The first-order valence-electron chi connectivity index (χ1n) is 11.8. The van der Waals surface area contributed by atoms with Gasteiger partial charge in [0.05, 0.1) is 24.9 Å². The molecular weight excluding hydrogens is 442 g/mol. The van der Waals surface area contributed by atoms with Crippen molar-refractivity contribution in [3.05, 3.63) is 70.7 Å². The highest BCUT2D eigenvalue weighted by molar-refractivity contribution is 7.15. The summed E-state index contributed by atoms with van der Waals surface area (Å²) in [5.74, 6) is 0.828. The van der Waals surface area contributed by atoms with E-state index >= 15 is 0 Å². The summed E-state index contributed by atoms with van der Waals surface area (Å²) in [5.41, 5.74) is 4.75. The van der Waals surface area contributed by atoms with E-state index in [2.05, 4.69) is 87.3 Å². The molecule has 7 heteroatoms. The van der Waals surface area contributed by atoms with Crippen molar-refractivity contribution in [2.75, 3.05) is 43.6 Å². The van der Waals surface area contributed by atoms with E-state index in [4.69, 9.17) is 4.74 Å². The van der Waals surface area contributed by atoms with Crippen LogP contribution in [0.15, 0.2) is 54.6 Å². The number of aryl methyl sites for hydroxylation is 1. The first kappa shape index (κ1) is 22.8. The summed E-state index contributed by atoms with van der Waals surface area (Å²) < 4.78 is 5.53. The first-order valence-corrected chi connectivity index (χ1v) is 12.6. The second-order valence-corrected chi connectivity index (χ2v) is 9.83. The number of morpholine rings is 1. The lowest BCUT2D eigenvalue weighted by molar-refractivity contribution is 0.122. The van der Waals surface area contributed by atoms with E-state index in [1.165, 1.54) is 26.6 Å². The number of benzene rings is 2. The summed E-state index contributed by atoms with van der Waals surface area (Å²) in [4.78, 5) is 4.93. The largest absolute Gasteiger partial charge is 0.378 e. The van der Waals surface area contributed by atoms with Crippen molar-refractivity contribution in [2.45, 2.75) is 26.4 Å². The molecule has 1 atom stereocenters. The zero-order chi connectivity index (χ0) is 23.5. The van der Waals surface area contributed by atoms with Crippen LogP contribution in [0.4, 0.5) is 11.5 Å². The maximum Gasteiger partial charge on any atom is 0.157 e. The molecule has 0 bridgehead atoms. The molecule has 5 rings (SSSR count). The molecule has 0 aliphatic carbocycles. The summed E-state index contributed by atoms with van der Waals surface area (Å²) >= 11 is 1.83. The second-order valence-electron chi connectivity index (χ2n) is 8.72. The molecule has 176 valence electrons. The molecule has 4 aromatic rings. The monoisotopic (exact) mass is 473 g/mol. The van der Waals surface area contributed by atoms with Crippen LogP contribution in [-0.4, -0.2) is 43.5 Å². The molecule has 6 nitrogen and oxygen atoms in total. The lowest BCUT2D eigenvalue weighted by Crippen LogP contribution is -2.36. The maximum absolute atomic E-state index is 5.53. The van der Waals surface area contributed by atoms with Crippen LogP contribution in [0.1, 0.15) is 29.1 Å². The smallest absolute Gasteiger partial charge is 0.157 e. The van der Waals surface area contributed by atoms with Gasteiger partial charge in [0.15, 0.2) is 5.82 Å². The molecule has 34 heavy (non-hydrogen) atoms. The Balaban J connectivity index is 1.43. The molecule has 0 amide bonds. The Hall–Kier alpha value is -3.00. The number of thiophene rings is 1. The molecule has 0 saturated carbocycles. The summed E-state index contributed by atoms with van der Waals surface area (Å²) in [6, 6.07) is 19.7.